The lowest BCUT2D eigenvalue weighted by Gasteiger charge is -2.32. The van der Waals surface area contributed by atoms with Crippen LogP contribution >= 0.6 is 12.2 Å². The number of rotatable bonds is 7. The van der Waals surface area contributed by atoms with Crippen molar-refractivity contribution in [3.8, 4) is 0 Å². The van der Waals surface area contributed by atoms with Crippen LogP contribution in [0.3, 0.4) is 0 Å². The summed E-state index contributed by atoms with van der Waals surface area (Å²) in [5.74, 6) is 0. The average molecular weight is 476 g/mol. The summed E-state index contributed by atoms with van der Waals surface area (Å²) in [6, 6.07) is 15.4. The van der Waals surface area contributed by atoms with E-state index in [1.165, 1.54) is 39.2 Å². The number of allylic oxidation sites excluding steroid dienone is 1. The van der Waals surface area contributed by atoms with E-state index in [4.69, 9.17) is 17.0 Å². The normalized spacial score (nSPS) is 17.4. The predicted molar refractivity (Wildman–Crippen MR) is 149 cm³/mol. The van der Waals surface area contributed by atoms with E-state index in [0.29, 0.717) is 0 Å². The van der Waals surface area contributed by atoms with Gasteiger partial charge in [-0.15, -0.1) is 0 Å². The maximum absolute atomic E-state index is 5.95. The molecule has 0 radical (unpaired) electrons. The first-order chi connectivity index (χ1) is 16.5. The maximum Gasteiger partial charge on any atom is 0.108 e. The van der Waals surface area contributed by atoms with Gasteiger partial charge in [0.1, 0.15) is 4.99 Å². The van der Waals surface area contributed by atoms with Crippen molar-refractivity contribution in [2.75, 3.05) is 49.6 Å². The van der Waals surface area contributed by atoms with Crippen LogP contribution in [0.4, 0.5) is 11.4 Å². The van der Waals surface area contributed by atoms with Crippen LogP contribution in [0.5, 0.6) is 0 Å². The number of hydrogen-bond acceptors (Lipinski definition) is 4. The summed E-state index contributed by atoms with van der Waals surface area (Å²) >= 11 is 5.95. The molecule has 4 rings (SSSR count). The molecule has 1 heterocycles. The first-order valence-electron chi connectivity index (χ1n) is 12.5. The second kappa shape index (κ2) is 11.2. The van der Waals surface area contributed by atoms with Crippen molar-refractivity contribution in [2.45, 2.75) is 40.5 Å². The average Bonchev–Trinajstić information content (AvgIpc) is 3.27. The largest absolute Gasteiger partial charge is 0.378 e. The Morgan fingerprint density at radius 3 is 2.35 bits per heavy atom. The Bertz CT molecular complexity index is 1080. The third-order valence-corrected chi connectivity index (χ3v) is 7.31. The first-order valence-corrected chi connectivity index (χ1v) is 12.9. The zero-order valence-corrected chi connectivity index (χ0v) is 21.8. The molecule has 1 saturated heterocycles. The minimum absolute atomic E-state index is 0.764. The summed E-state index contributed by atoms with van der Waals surface area (Å²) in [6.07, 6.45) is 4.32. The van der Waals surface area contributed by atoms with Crippen molar-refractivity contribution in [3.63, 3.8) is 0 Å². The number of anilines is 2. The number of thiocarbonyl (C=S) groups is 1. The molecule has 1 aliphatic carbocycles. The summed E-state index contributed by atoms with van der Waals surface area (Å²) in [5.41, 5.74) is 10.1. The molecule has 0 saturated carbocycles. The molecule has 0 atom stereocenters. The Balaban J connectivity index is 1.63. The number of benzene rings is 2. The fraction of sp³-hybridized carbons (Fsp3) is 0.414. The molecule has 0 aromatic heterocycles. The Kier molecular flexibility index (Phi) is 8.07. The van der Waals surface area contributed by atoms with Gasteiger partial charge in [0.15, 0.2) is 0 Å². The lowest BCUT2D eigenvalue weighted by atomic mass is 10.1. The van der Waals surface area contributed by atoms with Gasteiger partial charge in [0, 0.05) is 48.8 Å². The van der Waals surface area contributed by atoms with Crippen molar-refractivity contribution in [2.24, 2.45) is 0 Å². The van der Waals surface area contributed by atoms with Crippen molar-refractivity contribution in [3.05, 3.63) is 76.0 Å². The lowest BCUT2D eigenvalue weighted by Crippen LogP contribution is -2.36. The molecule has 2 aliphatic rings. The van der Waals surface area contributed by atoms with Gasteiger partial charge in [-0.05, 0) is 93.1 Å². The van der Waals surface area contributed by atoms with E-state index in [0.717, 1.165) is 62.9 Å². The van der Waals surface area contributed by atoms with E-state index >= 15 is 0 Å². The van der Waals surface area contributed by atoms with E-state index in [-0.39, 0.29) is 0 Å². The molecule has 1 aliphatic heterocycles. The van der Waals surface area contributed by atoms with Crippen LogP contribution in [0.25, 0.3) is 6.08 Å². The predicted octanol–water partition coefficient (Wildman–Crippen LogP) is 6.35. The number of nitrogens with zero attached hydrogens (tertiary/aromatic N) is 2. The van der Waals surface area contributed by atoms with Gasteiger partial charge < -0.3 is 19.9 Å². The lowest BCUT2D eigenvalue weighted by molar-refractivity contribution is 0.0548. The highest BCUT2D eigenvalue weighted by Crippen LogP contribution is 2.37. The van der Waals surface area contributed by atoms with Crippen LogP contribution < -0.4 is 10.2 Å². The van der Waals surface area contributed by atoms with Gasteiger partial charge in [0.05, 0.1) is 13.2 Å². The summed E-state index contributed by atoms with van der Waals surface area (Å²) < 4.78 is 5.65. The highest BCUT2D eigenvalue weighted by molar-refractivity contribution is 7.81. The van der Waals surface area contributed by atoms with Gasteiger partial charge in [-0.1, -0.05) is 30.4 Å². The molecule has 5 heteroatoms. The van der Waals surface area contributed by atoms with E-state index in [1.807, 2.05) is 0 Å². The molecule has 0 spiro atoms. The summed E-state index contributed by atoms with van der Waals surface area (Å²) in [4.78, 5) is 5.68. The zero-order valence-electron chi connectivity index (χ0n) is 21.0. The minimum Gasteiger partial charge on any atom is -0.378 e. The molecule has 1 N–H and O–H groups in total. The van der Waals surface area contributed by atoms with Crippen LogP contribution in [0.2, 0.25) is 0 Å². The maximum atomic E-state index is 5.95. The fourth-order valence-corrected chi connectivity index (χ4v) is 5.15. The number of hydrogen-bond donors (Lipinski definition) is 1. The van der Waals surface area contributed by atoms with Crippen LogP contribution in [0, 0.1) is 13.8 Å². The minimum atomic E-state index is 0.764. The second-order valence-electron chi connectivity index (χ2n) is 9.11. The molecule has 1 fully saturated rings. The smallest absolute Gasteiger partial charge is 0.108 e. The third-order valence-electron chi connectivity index (χ3n) is 6.96. The van der Waals surface area contributed by atoms with Crippen molar-refractivity contribution in [1.82, 2.24) is 4.90 Å². The monoisotopic (exact) mass is 475 g/mol. The van der Waals surface area contributed by atoms with Crippen molar-refractivity contribution in [1.29, 1.82) is 0 Å². The zero-order chi connectivity index (χ0) is 24.1. The van der Waals surface area contributed by atoms with Crippen LogP contribution in [-0.2, 0) is 4.74 Å². The van der Waals surface area contributed by atoms with E-state index in [9.17, 15) is 0 Å². The van der Waals surface area contributed by atoms with Gasteiger partial charge in [0.2, 0.25) is 0 Å². The van der Waals surface area contributed by atoms with Gasteiger partial charge in [0.25, 0.3) is 0 Å². The summed E-state index contributed by atoms with van der Waals surface area (Å²) in [6.45, 7) is 14.1. The number of aryl methyl sites for hydroxylation is 2. The standard InChI is InChI=1S/C29H37N3OS/c1-5-31(6-2)26-12-8-23(9-13-26)20-24-10-14-27(28(24)32-15-17-33-18-16-32)29(34)30-25-11-7-21(3)22(4)19-25/h7-9,11-13,19-20H,5-6,10,14-18H2,1-4H3,(H,30,34)/b24-20+. The van der Waals surface area contributed by atoms with Crippen molar-refractivity contribution >= 4 is 34.7 Å². The van der Waals surface area contributed by atoms with Crippen LogP contribution in [0.15, 0.2) is 59.3 Å². The highest BCUT2D eigenvalue weighted by atomic mass is 32.1. The molecular weight excluding hydrogens is 438 g/mol. The quantitative estimate of drug-likeness (QED) is 0.471. The summed E-state index contributed by atoms with van der Waals surface area (Å²) in [7, 11) is 0. The Hall–Kier alpha value is -2.63. The number of ether oxygens (including phenoxy) is 1. The van der Waals surface area contributed by atoms with Crippen LogP contribution in [0.1, 0.15) is 43.4 Å². The SMILES string of the molecule is CCN(CC)c1ccc(/C=C2\CCC(C(=S)Nc3ccc(C)c(C)c3)=C2N2CCOCC2)cc1. The van der Waals surface area contributed by atoms with E-state index in [2.05, 4.69) is 91.4 Å². The van der Waals surface area contributed by atoms with Gasteiger partial charge in [-0.3, -0.25) is 0 Å². The third kappa shape index (κ3) is 5.53. The fourth-order valence-electron chi connectivity index (χ4n) is 4.83. The van der Waals surface area contributed by atoms with E-state index in [1.54, 1.807) is 0 Å². The molecule has 0 unspecified atom stereocenters. The van der Waals surface area contributed by atoms with Crippen LogP contribution in [-0.4, -0.2) is 49.3 Å². The van der Waals surface area contributed by atoms with Crippen molar-refractivity contribution < 1.29 is 4.74 Å². The Morgan fingerprint density at radius 2 is 1.71 bits per heavy atom. The number of morpholine rings is 1. The van der Waals surface area contributed by atoms with Gasteiger partial charge in [-0.25, -0.2) is 0 Å². The second-order valence-corrected chi connectivity index (χ2v) is 9.52. The van der Waals surface area contributed by atoms with Gasteiger partial charge in [-0.2, -0.15) is 0 Å². The topological polar surface area (TPSA) is 27.7 Å². The number of nitrogens with one attached hydrogen (secondary N) is 1. The molecule has 0 amide bonds. The molecule has 34 heavy (non-hydrogen) atoms. The molecule has 2 aromatic rings. The summed E-state index contributed by atoms with van der Waals surface area (Å²) in [5, 5.41) is 3.52. The molecule has 4 nitrogen and oxygen atoms in total. The molecule has 2 aromatic carbocycles. The Morgan fingerprint density at radius 1 is 1.00 bits per heavy atom. The molecule has 0 bridgehead atoms. The molecule has 180 valence electrons. The highest BCUT2D eigenvalue weighted by Gasteiger charge is 2.28. The van der Waals surface area contributed by atoms with Gasteiger partial charge >= 0.3 is 0 Å². The molecular formula is C29H37N3OS. The first kappa shape index (κ1) is 24.5. The Labute approximate surface area is 210 Å². The van der Waals surface area contributed by atoms with E-state index < -0.39 is 0 Å².